The Morgan fingerprint density at radius 1 is 1.37 bits per heavy atom. The van der Waals surface area contributed by atoms with Crippen molar-refractivity contribution in [1.82, 2.24) is 4.90 Å². The summed E-state index contributed by atoms with van der Waals surface area (Å²) >= 11 is 0. The second-order valence-corrected chi connectivity index (χ2v) is 5.45. The van der Waals surface area contributed by atoms with Crippen molar-refractivity contribution in [3.63, 3.8) is 0 Å². The molecule has 0 bridgehead atoms. The average molecular weight is 265 g/mol. The number of amides is 1. The van der Waals surface area contributed by atoms with Crippen molar-refractivity contribution in [3.05, 3.63) is 35.6 Å². The fraction of sp³-hybridized carbons (Fsp3) is 0.533. The Kier molecular flexibility index (Phi) is 4.20. The number of benzene rings is 1. The second-order valence-electron chi connectivity index (χ2n) is 5.45. The summed E-state index contributed by atoms with van der Waals surface area (Å²) in [5.74, 6) is -0.519. The molecule has 1 amide bonds. The van der Waals surface area contributed by atoms with Crippen LogP contribution in [-0.4, -0.2) is 35.1 Å². The molecule has 0 heterocycles. The molecule has 1 aromatic carbocycles. The molecular formula is C15H20FNO2. The highest BCUT2D eigenvalue weighted by molar-refractivity contribution is 5.78. The van der Waals surface area contributed by atoms with Gasteiger partial charge in [-0.1, -0.05) is 31.0 Å². The number of rotatable bonds is 4. The van der Waals surface area contributed by atoms with Crippen LogP contribution >= 0.6 is 0 Å². The van der Waals surface area contributed by atoms with Gasteiger partial charge in [0.15, 0.2) is 0 Å². The van der Waals surface area contributed by atoms with Crippen molar-refractivity contribution in [1.29, 1.82) is 0 Å². The number of aliphatic hydroxyl groups is 1. The first-order chi connectivity index (χ1) is 9.00. The van der Waals surface area contributed by atoms with E-state index in [9.17, 15) is 14.3 Å². The summed E-state index contributed by atoms with van der Waals surface area (Å²) in [6, 6.07) is 6.29. The molecule has 4 heteroatoms. The molecule has 0 spiro atoms. The maximum atomic E-state index is 13.5. The zero-order chi connectivity index (χ0) is 13.9. The zero-order valence-corrected chi connectivity index (χ0v) is 11.2. The second kappa shape index (κ2) is 5.70. The maximum absolute atomic E-state index is 13.5. The Morgan fingerprint density at radius 3 is 2.63 bits per heavy atom. The van der Waals surface area contributed by atoms with Crippen LogP contribution in [0.3, 0.4) is 0 Å². The van der Waals surface area contributed by atoms with E-state index in [0.29, 0.717) is 12.1 Å². The van der Waals surface area contributed by atoms with Gasteiger partial charge in [0.2, 0.25) is 5.91 Å². The van der Waals surface area contributed by atoms with Crippen molar-refractivity contribution < 1.29 is 14.3 Å². The zero-order valence-electron chi connectivity index (χ0n) is 11.2. The predicted molar refractivity (Wildman–Crippen MR) is 71.2 cm³/mol. The normalized spacial score (nSPS) is 17.4. The van der Waals surface area contributed by atoms with Gasteiger partial charge in [-0.15, -0.1) is 0 Å². The van der Waals surface area contributed by atoms with Crippen LogP contribution in [0.2, 0.25) is 0 Å². The molecule has 1 N–H and O–H groups in total. The van der Waals surface area contributed by atoms with Gasteiger partial charge in [0.25, 0.3) is 0 Å². The summed E-state index contributed by atoms with van der Waals surface area (Å²) in [5.41, 5.74) is -0.350. The number of likely N-dealkylation sites (N-methyl/N-ethyl adjacent to an activating group) is 1. The number of hydrogen-bond acceptors (Lipinski definition) is 2. The Labute approximate surface area is 113 Å². The fourth-order valence-corrected chi connectivity index (χ4v) is 2.66. The van der Waals surface area contributed by atoms with E-state index in [0.717, 1.165) is 25.7 Å². The number of carbonyl (C=O) groups is 1. The van der Waals surface area contributed by atoms with E-state index >= 15 is 0 Å². The van der Waals surface area contributed by atoms with Crippen molar-refractivity contribution >= 4 is 5.91 Å². The third-order valence-electron chi connectivity index (χ3n) is 3.79. The van der Waals surface area contributed by atoms with Crippen LogP contribution in [0.15, 0.2) is 24.3 Å². The highest BCUT2D eigenvalue weighted by atomic mass is 19.1. The van der Waals surface area contributed by atoms with Crippen molar-refractivity contribution in [2.45, 2.75) is 37.7 Å². The molecule has 0 saturated heterocycles. The maximum Gasteiger partial charge on any atom is 0.226 e. The summed E-state index contributed by atoms with van der Waals surface area (Å²) in [4.78, 5) is 13.6. The first kappa shape index (κ1) is 14.0. The molecule has 1 aliphatic carbocycles. The molecule has 0 aliphatic heterocycles. The Hall–Kier alpha value is -1.42. The molecule has 0 aromatic heterocycles. The lowest BCUT2D eigenvalue weighted by Crippen LogP contribution is -2.42. The average Bonchev–Trinajstić information content (AvgIpc) is 2.78. The van der Waals surface area contributed by atoms with E-state index in [1.807, 2.05) is 0 Å². The van der Waals surface area contributed by atoms with E-state index in [1.165, 1.54) is 11.0 Å². The Morgan fingerprint density at radius 2 is 2.00 bits per heavy atom. The SMILES string of the molecule is CN(CC1(O)CCCC1)C(=O)Cc1ccccc1F. The number of halogens is 1. The summed E-state index contributed by atoms with van der Waals surface area (Å²) in [6.07, 6.45) is 3.53. The first-order valence-corrected chi connectivity index (χ1v) is 6.70. The first-order valence-electron chi connectivity index (χ1n) is 6.70. The Bertz CT molecular complexity index is 455. The highest BCUT2D eigenvalue weighted by Crippen LogP contribution is 2.30. The minimum absolute atomic E-state index is 0.0409. The molecule has 19 heavy (non-hydrogen) atoms. The molecule has 1 fully saturated rings. The van der Waals surface area contributed by atoms with Gasteiger partial charge in [0, 0.05) is 13.6 Å². The van der Waals surface area contributed by atoms with Crippen molar-refractivity contribution in [3.8, 4) is 0 Å². The molecule has 1 aromatic rings. The van der Waals surface area contributed by atoms with Crippen LogP contribution in [0.1, 0.15) is 31.2 Å². The van der Waals surface area contributed by atoms with Crippen LogP contribution < -0.4 is 0 Å². The van der Waals surface area contributed by atoms with Gasteiger partial charge in [0.05, 0.1) is 12.0 Å². The molecule has 0 unspecified atom stereocenters. The van der Waals surface area contributed by atoms with E-state index in [2.05, 4.69) is 0 Å². The summed E-state index contributed by atoms with van der Waals surface area (Å²) in [6.45, 7) is 0.334. The predicted octanol–water partition coefficient (Wildman–Crippen LogP) is 2.13. The third-order valence-corrected chi connectivity index (χ3v) is 3.79. The lowest BCUT2D eigenvalue weighted by molar-refractivity contribution is -0.132. The van der Waals surface area contributed by atoms with Crippen LogP contribution in [0.25, 0.3) is 0 Å². The van der Waals surface area contributed by atoms with E-state index in [-0.39, 0.29) is 18.1 Å². The standard InChI is InChI=1S/C15H20FNO2/c1-17(11-15(19)8-4-5-9-15)14(18)10-12-6-2-3-7-13(12)16/h2-3,6-7,19H,4-5,8-11H2,1H3. The highest BCUT2D eigenvalue weighted by Gasteiger charge is 2.33. The van der Waals surface area contributed by atoms with Crippen LogP contribution in [0.5, 0.6) is 0 Å². The summed E-state index contributed by atoms with van der Waals surface area (Å²) in [7, 11) is 1.67. The largest absolute Gasteiger partial charge is 0.388 e. The van der Waals surface area contributed by atoms with Gasteiger partial charge in [-0.3, -0.25) is 4.79 Å². The topological polar surface area (TPSA) is 40.5 Å². The molecule has 0 atom stereocenters. The van der Waals surface area contributed by atoms with Gasteiger partial charge in [-0.25, -0.2) is 4.39 Å². The molecule has 1 saturated carbocycles. The van der Waals surface area contributed by atoms with E-state index in [4.69, 9.17) is 0 Å². The monoisotopic (exact) mass is 265 g/mol. The minimum atomic E-state index is -0.750. The lowest BCUT2D eigenvalue weighted by Gasteiger charge is -2.28. The molecule has 104 valence electrons. The van der Waals surface area contributed by atoms with Gasteiger partial charge < -0.3 is 10.0 Å². The van der Waals surface area contributed by atoms with E-state index < -0.39 is 5.60 Å². The lowest BCUT2D eigenvalue weighted by atomic mass is 10.0. The third kappa shape index (κ3) is 3.53. The fourth-order valence-electron chi connectivity index (χ4n) is 2.66. The van der Waals surface area contributed by atoms with Crippen molar-refractivity contribution in [2.75, 3.05) is 13.6 Å². The molecule has 2 rings (SSSR count). The Balaban J connectivity index is 1.94. The van der Waals surface area contributed by atoms with Crippen LogP contribution in [0, 0.1) is 5.82 Å². The van der Waals surface area contributed by atoms with Crippen LogP contribution in [-0.2, 0) is 11.2 Å². The van der Waals surface area contributed by atoms with Gasteiger partial charge >= 0.3 is 0 Å². The number of nitrogens with zero attached hydrogens (tertiary/aromatic N) is 1. The summed E-state index contributed by atoms with van der Waals surface area (Å²) < 4.78 is 13.5. The summed E-state index contributed by atoms with van der Waals surface area (Å²) in [5, 5.41) is 10.3. The molecule has 0 radical (unpaired) electrons. The van der Waals surface area contributed by atoms with Gasteiger partial charge in [-0.05, 0) is 24.5 Å². The van der Waals surface area contributed by atoms with E-state index in [1.54, 1.807) is 25.2 Å². The van der Waals surface area contributed by atoms with Crippen molar-refractivity contribution in [2.24, 2.45) is 0 Å². The van der Waals surface area contributed by atoms with Gasteiger partial charge in [-0.2, -0.15) is 0 Å². The van der Waals surface area contributed by atoms with Gasteiger partial charge in [0.1, 0.15) is 5.82 Å². The number of carbonyl (C=O) groups excluding carboxylic acids is 1. The number of hydrogen-bond donors (Lipinski definition) is 1. The molecule has 1 aliphatic rings. The molecule has 3 nitrogen and oxygen atoms in total. The smallest absolute Gasteiger partial charge is 0.226 e. The molecular weight excluding hydrogens is 245 g/mol. The van der Waals surface area contributed by atoms with Crippen LogP contribution in [0.4, 0.5) is 4.39 Å². The quantitative estimate of drug-likeness (QED) is 0.906. The minimum Gasteiger partial charge on any atom is -0.388 e.